The molecule has 0 spiro atoms. The molecule has 0 amide bonds. The van der Waals surface area contributed by atoms with Gasteiger partial charge in [-0.15, -0.1) is 0 Å². The summed E-state index contributed by atoms with van der Waals surface area (Å²) in [5, 5.41) is 11.4. The van der Waals surface area contributed by atoms with Crippen LogP contribution in [0.25, 0.3) is 10.9 Å². The van der Waals surface area contributed by atoms with E-state index in [9.17, 15) is 5.11 Å². The number of rotatable bonds is 3. The standard InChI is InChI=1S/C22H25N3O/c1-16-11-13-25(14-12-16)18-9-7-17(8-10-18)23-15-20-19-5-3-4-6-21(19)24(2)22(20)26/h3-10,15-16,26H,11-14H2,1-2H3. The predicted octanol–water partition coefficient (Wildman–Crippen LogP) is 4.87. The van der Waals surface area contributed by atoms with Crippen LogP contribution >= 0.6 is 0 Å². The Labute approximate surface area is 154 Å². The van der Waals surface area contributed by atoms with Crippen molar-refractivity contribution in [3.05, 3.63) is 54.1 Å². The maximum absolute atomic E-state index is 10.4. The monoisotopic (exact) mass is 347 g/mol. The Bertz CT molecular complexity index is 932. The summed E-state index contributed by atoms with van der Waals surface area (Å²) in [6.07, 6.45) is 4.29. The lowest BCUT2D eigenvalue weighted by Crippen LogP contribution is -2.32. The Morgan fingerprint density at radius 3 is 2.46 bits per heavy atom. The van der Waals surface area contributed by atoms with Gasteiger partial charge in [-0.05, 0) is 49.1 Å². The minimum Gasteiger partial charge on any atom is -0.494 e. The molecule has 1 aromatic heterocycles. The van der Waals surface area contributed by atoms with E-state index in [-0.39, 0.29) is 5.88 Å². The lowest BCUT2D eigenvalue weighted by Gasteiger charge is -2.32. The molecule has 0 atom stereocenters. The summed E-state index contributed by atoms with van der Waals surface area (Å²) in [5.74, 6) is 1.08. The lowest BCUT2D eigenvalue weighted by atomic mass is 9.99. The average Bonchev–Trinajstić information content (AvgIpc) is 2.92. The molecule has 1 aliphatic rings. The third kappa shape index (κ3) is 3.07. The molecule has 4 nitrogen and oxygen atoms in total. The smallest absolute Gasteiger partial charge is 0.200 e. The van der Waals surface area contributed by atoms with Crippen molar-refractivity contribution in [3.8, 4) is 5.88 Å². The summed E-state index contributed by atoms with van der Waals surface area (Å²) in [4.78, 5) is 7.03. The second-order valence-electron chi connectivity index (χ2n) is 7.26. The van der Waals surface area contributed by atoms with E-state index < -0.39 is 0 Å². The highest BCUT2D eigenvalue weighted by atomic mass is 16.3. The molecule has 2 aromatic carbocycles. The van der Waals surface area contributed by atoms with E-state index >= 15 is 0 Å². The van der Waals surface area contributed by atoms with Crippen molar-refractivity contribution in [1.29, 1.82) is 0 Å². The second kappa shape index (κ2) is 6.87. The van der Waals surface area contributed by atoms with Crippen molar-refractivity contribution in [2.24, 2.45) is 18.0 Å². The van der Waals surface area contributed by atoms with Gasteiger partial charge in [-0.3, -0.25) is 4.99 Å². The maximum Gasteiger partial charge on any atom is 0.200 e. The molecule has 1 saturated heterocycles. The summed E-state index contributed by atoms with van der Waals surface area (Å²) in [5.41, 5.74) is 3.92. The van der Waals surface area contributed by atoms with Gasteiger partial charge in [-0.2, -0.15) is 0 Å². The van der Waals surface area contributed by atoms with Crippen LogP contribution in [-0.2, 0) is 7.05 Å². The molecular weight excluding hydrogens is 322 g/mol. The van der Waals surface area contributed by atoms with Gasteiger partial charge in [-0.25, -0.2) is 0 Å². The first kappa shape index (κ1) is 16.7. The number of hydrogen-bond acceptors (Lipinski definition) is 3. The van der Waals surface area contributed by atoms with Gasteiger partial charge in [0.1, 0.15) is 0 Å². The fourth-order valence-corrected chi connectivity index (χ4v) is 3.69. The molecule has 1 N–H and O–H groups in total. The van der Waals surface area contributed by atoms with Crippen LogP contribution in [0, 0.1) is 5.92 Å². The number of para-hydroxylation sites is 1. The molecule has 0 radical (unpaired) electrons. The SMILES string of the molecule is CC1CCN(c2ccc(N=Cc3c(O)n(C)c4ccccc34)cc2)CC1. The fraction of sp³-hybridized carbons (Fsp3) is 0.318. The van der Waals surface area contributed by atoms with Crippen LogP contribution in [0.3, 0.4) is 0 Å². The van der Waals surface area contributed by atoms with Crippen molar-refractivity contribution in [3.63, 3.8) is 0 Å². The lowest BCUT2D eigenvalue weighted by molar-refractivity contribution is 0.434. The zero-order chi connectivity index (χ0) is 18.1. The molecule has 134 valence electrons. The average molecular weight is 347 g/mol. The van der Waals surface area contributed by atoms with Gasteiger partial charge < -0.3 is 14.6 Å². The number of fused-ring (bicyclic) bond motifs is 1. The third-order valence-corrected chi connectivity index (χ3v) is 5.46. The van der Waals surface area contributed by atoms with Crippen molar-refractivity contribution in [1.82, 2.24) is 4.57 Å². The molecular formula is C22H25N3O. The molecule has 4 heteroatoms. The number of aromatic nitrogens is 1. The van der Waals surface area contributed by atoms with E-state index in [1.165, 1.54) is 18.5 Å². The number of benzene rings is 2. The molecule has 4 rings (SSSR count). The molecule has 2 heterocycles. The third-order valence-electron chi connectivity index (χ3n) is 5.46. The number of hydrogen-bond donors (Lipinski definition) is 1. The minimum atomic E-state index is 0.244. The van der Waals surface area contributed by atoms with Crippen LogP contribution < -0.4 is 4.90 Å². The number of aromatic hydroxyl groups is 1. The van der Waals surface area contributed by atoms with Gasteiger partial charge in [0.05, 0.1) is 16.8 Å². The van der Waals surface area contributed by atoms with E-state index in [0.29, 0.717) is 0 Å². The number of aliphatic imine (C=N–C) groups is 1. The van der Waals surface area contributed by atoms with E-state index in [1.807, 2.05) is 43.4 Å². The Hall–Kier alpha value is -2.75. The highest BCUT2D eigenvalue weighted by Gasteiger charge is 2.16. The molecule has 0 aliphatic carbocycles. The van der Waals surface area contributed by atoms with Gasteiger partial charge in [0.2, 0.25) is 5.88 Å². The molecule has 0 unspecified atom stereocenters. The maximum atomic E-state index is 10.4. The van der Waals surface area contributed by atoms with Gasteiger partial charge in [-0.1, -0.05) is 25.1 Å². The van der Waals surface area contributed by atoms with Crippen LogP contribution in [-0.4, -0.2) is 29.0 Å². The number of nitrogens with zero attached hydrogens (tertiary/aromatic N) is 3. The van der Waals surface area contributed by atoms with Crippen LogP contribution in [0.5, 0.6) is 5.88 Å². The van der Waals surface area contributed by atoms with Crippen LogP contribution in [0.1, 0.15) is 25.3 Å². The topological polar surface area (TPSA) is 40.8 Å². The zero-order valence-corrected chi connectivity index (χ0v) is 15.4. The fourth-order valence-electron chi connectivity index (χ4n) is 3.69. The van der Waals surface area contributed by atoms with Crippen molar-refractivity contribution >= 4 is 28.5 Å². The van der Waals surface area contributed by atoms with Crippen molar-refractivity contribution in [2.45, 2.75) is 19.8 Å². The Balaban J connectivity index is 1.55. The van der Waals surface area contributed by atoms with Crippen molar-refractivity contribution < 1.29 is 5.11 Å². The highest BCUT2D eigenvalue weighted by molar-refractivity contribution is 6.03. The van der Waals surface area contributed by atoms with Crippen LogP contribution in [0.15, 0.2) is 53.5 Å². The summed E-state index contributed by atoms with van der Waals surface area (Å²) in [6, 6.07) is 16.4. The molecule has 0 bridgehead atoms. The molecule has 26 heavy (non-hydrogen) atoms. The van der Waals surface area contributed by atoms with Crippen molar-refractivity contribution in [2.75, 3.05) is 18.0 Å². The first-order valence-corrected chi connectivity index (χ1v) is 9.29. The van der Waals surface area contributed by atoms with E-state index in [0.717, 1.165) is 41.2 Å². The zero-order valence-electron chi connectivity index (χ0n) is 15.4. The second-order valence-corrected chi connectivity index (χ2v) is 7.26. The summed E-state index contributed by atoms with van der Waals surface area (Å²) in [7, 11) is 1.86. The Kier molecular flexibility index (Phi) is 4.41. The number of anilines is 1. The minimum absolute atomic E-state index is 0.244. The van der Waals surface area contributed by atoms with Gasteiger partial charge >= 0.3 is 0 Å². The van der Waals surface area contributed by atoms with Gasteiger partial charge in [0.25, 0.3) is 0 Å². The summed E-state index contributed by atoms with van der Waals surface area (Å²) < 4.78 is 1.79. The summed E-state index contributed by atoms with van der Waals surface area (Å²) >= 11 is 0. The Morgan fingerprint density at radius 2 is 1.73 bits per heavy atom. The molecule has 1 aliphatic heterocycles. The normalized spacial score (nSPS) is 16.0. The van der Waals surface area contributed by atoms with Crippen LogP contribution in [0.2, 0.25) is 0 Å². The molecule has 0 saturated carbocycles. The van der Waals surface area contributed by atoms with E-state index in [4.69, 9.17) is 0 Å². The largest absolute Gasteiger partial charge is 0.494 e. The van der Waals surface area contributed by atoms with Gasteiger partial charge in [0.15, 0.2) is 0 Å². The number of piperidine rings is 1. The van der Waals surface area contributed by atoms with E-state index in [1.54, 1.807) is 10.8 Å². The summed E-state index contributed by atoms with van der Waals surface area (Å²) in [6.45, 7) is 4.60. The Morgan fingerprint density at radius 1 is 1.04 bits per heavy atom. The predicted molar refractivity (Wildman–Crippen MR) is 109 cm³/mol. The van der Waals surface area contributed by atoms with E-state index in [2.05, 4.69) is 28.9 Å². The first-order valence-electron chi connectivity index (χ1n) is 9.29. The molecule has 1 fully saturated rings. The molecule has 3 aromatic rings. The number of aryl methyl sites for hydroxylation is 1. The highest BCUT2D eigenvalue weighted by Crippen LogP contribution is 2.30. The quantitative estimate of drug-likeness (QED) is 0.687. The van der Waals surface area contributed by atoms with Crippen LogP contribution in [0.4, 0.5) is 11.4 Å². The first-order chi connectivity index (χ1) is 12.6. The van der Waals surface area contributed by atoms with Gasteiger partial charge in [0, 0.05) is 37.4 Å².